The van der Waals surface area contributed by atoms with E-state index in [1.807, 2.05) is 24.7 Å². The lowest BCUT2D eigenvalue weighted by Gasteiger charge is -2.32. The number of benzene rings is 1. The highest BCUT2D eigenvalue weighted by molar-refractivity contribution is 5.90. The standard InChI is InChI=1S/C18H21N5O2/c1-3-23-11-15(10-20-23)17-12-22(7-8-25-17)18(24)21-16-6-4-5-14(9-19)13(16)2/h4-6,10-11,17H,3,7-8,12H2,1-2H3,(H,21,24)/t17-/m1/s1. The second-order valence-electron chi connectivity index (χ2n) is 5.95. The summed E-state index contributed by atoms with van der Waals surface area (Å²) in [4.78, 5) is 14.3. The average Bonchev–Trinajstić information content (AvgIpc) is 3.13. The molecule has 2 aromatic rings. The van der Waals surface area contributed by atoms with E-state index in [2.05, 4.69) is 16.5 Å². The molecule has 0 radical (unpaired) electrons. The summed E-state index contributed by atoms with van der Waals surface area (Å²) in [6.07, 6.45) is 3.56. The third kappa shape index (κ3) is 3.64. The molecule has 2 amide bonds. The van der Waals surface area contributed by atoms with Crippen LogP contribution in [-0.2, 0) is 11.3 Å². The maximum atomic E-state index is 12.6. The highest BCUT2D eigenvalue weighted by Gasteiger charge is 2.26. The minimum absolute atomic E-state index is 0.175. The van der Waals surface area contributed by atoms with Crippen molar-refractivity contribution in [3.05, 3.63) is 47.3 Å². The number of hydrogen-bond acceptors (Lipinski definition) is 4. The number of morpholine rings is 1. The summed E-state index contributed by atoms with van der Waals surface area (Å²) in [6, 6.07) is 7.25. The molecule has 1 aromatic heterocycles. The van der Waals surface area contributed by atoms with Gasteiger partial charge in [-0.15, -0.1) is 0 Å². The van der Waals surface area contributed by atoms with Gasteiger partial charge in [-0.2, -0.15) is 10.4 Å². The number of nitrogens with zero attached hydrogens (tertiary/aromatic N) is 4. The average molecular weight is 339 g/mol. The molecule has 0 saturated carbocycles. The summed E-state index contributed by atoms with van der Waals surface area (Å²) in [5, 5.41) is 16.3. The highest BCUT2D eigenvalue weighted by Crippen LogP contribution is 2.23. The van der Waals surface area contributed by atoms with Crippen LogP contribution in [0.3, 0.4) is 0 Å². The fraction of sp³-hybridized carbons (Fsp3) is 0.389. The molecule has 1 N–H and O–H groups in total. The van der Waals surface area contributed by atoms with Crippen molar-refractivity contribution in [2.45, 2.75) is 26.5 Å². The quantitative estimate of drug-likeness (QED) is 0.932. The van der Waals surface area contributed by atoms with Crippen LogP contribution in [0.4, 0.5) is 10.5 Å². The molecule has 0 aliphatic carbocycles. The Morgan fingerprint density at radius 2 is 2.36 bits per heavy atom. The Balaban J connectivity index is 1.69. The lowest BCUT2D eigenvalue weighted by atomic mass is 10.1. The van der Waals surface area contributed by atoms with E-state index in [1.165, 1.54) is 0 Å². The smallest absolute Gasteiger partial charge is 0.322 e. The van der Waals surface area contributed by atoms with E-state index < -0.39 is 0 Å². The number of ether oxygens (including phenoxy) is 1. The van der Waals surface area contributed by atoms with E-state index in [-0.39, 0.29) is 12.1 Å². The fourth-order valence-electron chi connectivity index (χ4n) is 2.84. The Morgan fingerprint density at radius 3 is 3.08 bits per heavy atom. The van der Waals surface area contributed by atoms with Crippen molar-refractivity contribution >= 4 is 11.7 Å². The monoisotopic (exact) mass is 339 g/mol. The molecule has 7 nitrogen and oxygen atoms in total. The van der Waals surface area contributed by atoms with Crippen LogP contribution in [0.15, 0.2) is 30.6 Å². The van der Waals surface area contributed by atoms with Gasteiger partial charge in [0.1, 0.15) is 6.10 Å². The van der Waals surface area contributed by atoms with E-state index in [0.29, 0.717) is 30.9 Å². The molecule has 1 aliphatic rings. The molecule has 3 rings (SSSR count). The van der Waals surface area contributed by atoms with Crippen LogP contribution in [0.2, 0.25) is 0 Å². The topological polar surface area (TPSA) is 83.2 Å². The molecular weight excluding hydrogens is 318 g/mol. The first-order chi connectivity index (χ1) is 12.1. The Hall–Kier alpha value is -2.85. The van der Waals surface area contributed by atoms with Crippen molar-refractivity contribution in [1.29, 1.82) is 5.26 Å². The van der Waals surface area contributed by atoms with Crippen molar-refractivity contribution in [2.24, 2.45) is 0 Å². The zero-order valence-corrected chi connectivity index (χ0v) is 14.4. The van der Waals surface area contributed by atoms with Gasteiger partial charge in [-0.3, -0.25) is 4.68 Å². The van der Waals surface area contributed by atoms with Crippen LogP contribution < -0.4 is 5.32 Å². The van der Waals surface area contributed by atoms with Crippen molar-refractivity contribution in [1.82, 2.24) is 14.7 Å². The summed E-state index contributed by atoms with van der Waals surface area (Å²) in [5.41, 5.74) is 2.96. The molecule has 1 aromatic carbocycles. The number of urea groups is 1. The first kappa shape index (κ1) is 17.0. The third-order valence-electron chi connectivity index (χ3n) is 4.40. The van der Waals surface area contributed by atoms with Gasteiger partial charge in [0, 0.05) is 30.5 Å². The van der Waals surface area contributed by atoms with Crippen molar-refractivity contribution in [3.63, 3.8) is 0 Å². The number of aryl methyl sites for hydroxylation is 1. The van der Waals surface area contributed by atoms with E-state index in [9.17, 15) is 4.79 Å². The first-order valence-corrected chi connectivity index (χ1v) is 8.32. The number of nitriles is 1. The second-order valence-corrected chi connectivity index (χ2v) is 5.95. The molecule has 0 bridgehead atoms. The molecule has 1 aliphatic heterocycles. The zero-order chi connectivity index (χ0) is 17.8. The third-order valence-corrected chi connectivity index (χ3v) is 4.40. The number of carbonyl (C=O) groups excluding carboxylic acids is 1. The van der Waals surface area contributed by atoms with Crippen molar-refractivity contribution < 1.29 is 9.53 Å². The Kier molecular flexibility index (Phi) is 5.00. The molecule has 1 atom stereocenters. The number of carbonyl (C=O) groups is 1. The van der Waals surface area contributed by atoms with E-state index >= 15 is 0 Å². The summed E-state index contributed by atoms with van der Waals surface area (Å²) in [7, 11) is 0. The molecule has 0 spiro atoms. The predicted octanol–water partition coefficient (Wildman–Crippen LogP) is 2.69. The summed E-state index contributed by atoms with van der Waals surface area (Å²) < 4.78 is 7.64. The van der Waals surface area contributed by atoms with Crippen LogP contribution in [0.5, 0.6) is 0 Å². The van der Waals surface area contributed by atoms with Crippen LogP contribution in [0, 0.1) is 18.3 Å². The van der Waals surface area contributed by atoms with Gasteiger partial charge in [-0.1, -0.05) is 6.07 Å². The number of amides is 2. The molecule has 0 unspecified atom stereocenters. The van der Waals surface area contributed by atoms with Crippen LogP contribution in [0.1, 0.15) is 29.7 Å². The first-order valence-electron chi connectivity index (χ1n) is 8.32. The summed E-state index contributed by atoms with van der Waals surface area (Å²) in [6.45, 7) is 6.13. The number of nitrogens with one attached hydrogen (secondary N) is 1. The van der Waals surface area contributed by atoms with Gasteiger partial charge in [0.15, 0.2) is 0 Å². The summed E-state index contributed by atoms with van der Waals surface area (Å²) in [5.74, 6) is 0. The van der Waals surface area contributed by atoms with Gasteiger partial charge in [-0.25, -0.2) is 4.79 Å². The maximum absolute atomic E-state index is 12.6. The lowest BCUT2D eigenvalue weighted by molar-refractivity contribution is -0.0135. The SMILES string of the molecule is CCn1cc([C@H]2CN(C(=O)Nc3cccc(C#N)c3C)CCO2)cn1. The second kappa shape index (κ2) is 7.36. The van der Waals surface area contributed by atoms with E-state index in [1.54, 1.807) is 29.3 Å². The van der Waals surface area contributed by atoms with E-state index in [4.69, 9.17) is 10.00 Å². The number of rotatable bonds is 3. The van der Waals surface area contributed by atoms with Gasteiger partial charge in [0.05, 0.1) is 31.0 Å². The van der Waals surface area contributed by atoms with Crippen molar-refractivity contribution in [2.75, 3.05) is 25.0 Å². The molecule has 1 saturated heterocycles. The van der Waals surface area contributed by atoms with Gasteiger partial charge in [0.2, 0.25) is 0 Å². The Morgan fingerprint density at radius 1 is 1.52 bits per heavy atom. The molecule has 1 fully saturated rings. The van der Waals surface area contributed by atoms with Crippen LogP contribution in [-0.4, -0.2) is 40.4 Å². The number of anilines is 1. The zero-order valence-electron chi connectivity index (χ0n) is 14.4. The van der Waals surface area contributed by atoms with Gasteiger partial charge < -0.3 is 15.0 Å². The van der Waals surface area contributed by atoms with Gasteiger partial charge >= 0.3 is 6.03 Å². The maximum Gasteiger partial charge on any atom is 0.322 e. The number of hydrogen-bond donors (Lipinski definition) is 1. The van der Waals surface area contributed by atoms with E-state index in [0.717, 1.165) is 17.7 Å². The fourth-order valence-corrected chi connectivity index (χ4v) is 2.84. The molecule has 130 valence electrons. The van der Waals surface area contributed by atoms with Crippen LogP contribution >= 0.6 is 0 Å². The highest BCUT2D eigenvalue weighted by atomic mass is 16.5. The van der Waals surface area contributed by atoms with Crippen LogP contribution in [0.25, 0.3) is 0 Å². The largest absolute Gasteiger partial charge is 0.370 e. The van der Waals surface area contributed by atoms with Gasteiger partial charge in [0.25, 0.3) is 0 Å². The van der Waals surface area contributed by atoms with Crippen molar-refractivity contribution in [3.8, 4) is 6.07 Å². The Bertz CT molecular complexity index is 808. The number of aromatic nitrogens is 2. The molecule has 25 heavy (non-hydrogen) atoms. The normalized spacial score (nSPS) is 17.2. The molecule has 2 heterocycles. The minimum atomic E-state index is -0.186. The molecule has 7 heteroatoms. The Labute approximate surface area is 146 Å². The molecular formula is C18H21N5O2. The minimum Gasteiger partial charge on any atom is -0.370 e. The van der Waals surface area contributed by atoms with Gasteiger partial charge in [-0.05, 0) is 31.5 Å². The summed E-state index contributed by atoms with van der Waals surface area (Å²) >= 11 is 0. The lowest BCUT2D eigenvalue weighted by Crippen LogP contribution is -2.44. The predicted molar refractivity (Wildman–Crippen MR) is 93.1 cm³/mol.